The molecule has 2 aromatic carbocycles. The smallest absolute Gasteiger partial charge is 0.256 e. The van der Waals surface area contributed by atoms with Crippen molar-refractivity contribution in [3.8, 4) is 0 Å². The van der Waals surface area contributed by atoms with Crippen molar-refractivity contribution in [2.45, 2.75) is 24.6 Å². The van der Waals surface area contributed by atoms with Gasteiger partial charge in [-0.25, -0.2) is 4.39 Å². The first-order valence-corrected chi connectivity index (χ1v) is 9.70. The maximum atomic E-state index is 13.5. The number of benzene rings is 2. The minimum Gasteiger partial charge on any atom is -0.548 e. The molecular weight excluding hydrogens is 391 g/mol. The predicted molar refractivity (Wildman–Crippen MR) is 102 cm³/mol. The fraction of sp³-hybridized carbons (Fsp3) is 0.318. The van der Waals surface area contributed by atoms with Gasteiger partial charge in [-0.2, -0.15) is 0 Å². The highest BCUT2D eigenvalue weighted by Crippen LogP contribution is 2.38. The molecule has 0 saturated carbocycles. The topological polar surface area (TPSA) is 90.0 Å². The van der Waals surface area contributed by atoms with Crippen LogP contribution in [-0.4, -0.2) is 59.0 Å². The monoisotopic (exact) mass is 411 g/mol. The first-order chi connectivity index (χ1) is 14.4. The van der Waals surface area contributed by atoms with Crippen LogP contribution in [0, 0.1) is 5.82 Å². The molecule has 2 fully saturated rings. The average molecular weight is 411 g/mol. The molecule has 0 N–H and O–H groups in total. The molecule has 0 aliphatic carbocycles. The van der Waals surface area contributed by atoms with Crippen molar-refractivity contribution in [3.05, 3.63) is 71.5 Å². The average Bonchev–Trinajstić information content (AvgIpc) is 3.13. The Labute approximate surface area is 172 Å². The van der Waals surface area contributed by atoms with Crippen LogP contribution in [0.1, 0.15) is 33.6 Å². The van der Waals surface area contributed by atoms with E-state index in [0.29, 0.717) is 5.56 Å². The van der Waals surface area contributed by atoms with Crippen molar-refractivity contribution >= 4 is 17.8 Å². The molecule has 7 nitrogen and oxygen atoms in total. The molecule has 2 saturated heterocycles. The van der Waals surface area contributed by atoms with Gasteiger partial charge in [-0.1, -0.05) is 24.3 Å². The largest absolute Gasteiger partial charge is 0.548 e. The van der Waals surface area contributed by atoms with Gasteiger partial charge in [0.15, 0.2) is 0 Å². The number of rotatable bonds is 3. The summed E-state index contributed by atoms with van der Waals surface area (Å²) in [4.78, 5) is 40.3. The minimum absolute atomic E-state index is 0.168. The van der Waals surface area contributed by atoms with Crippen LogP contribution in [0.4, 0.5) is 4.39 Å². The van der Waals surface area contributed by atoms with Crippen molar-refractivity contribution in [1.82, 2.24) is 9.80 Å². The SMILES string of the molecule is O=C([O-])[C@H]1COC2(CCN(C(=O)c3cccc(F)c3)CC2)N1C(=O)c1ccccc1. The molecule has 0 aromatic heterocycles. The van der Waals surface area contributed by atoms with E-state index < -0.39 is 29.5 Å². The van der Waals surface area contributed by atoms with Gasteiger partial charge >= 0.3 is 0 Å². The van der Waals surface area contributed by atoms with E-state index in [-0.39, 0.29) is 44.0 Å². The standard InChI is InChI=1S/C22H21FN2O5/c23-17-8-4-7-16(13-17)19(26)24-11-9-22(10-12-24)25(18(14-30-22)21(28)29)20(27)15-5-2-1-3-6-15/h1-8,13,18H,9-12,14H2,(H,28,29)/p-1/t18-/m1/s1. The lowest BCUT2D eigenvalue weighted by Gasteiger charge is -2.45. The van der Waals surface area contributed by atoms with Gasteiger partial charge in [-0.15, -0.1) is 0 Å². The summed E-state index contributed by atoms with van der Waals surface area (Å²) in [5.41, 5.74) is -0.536. The highest BCUT2D eigenvalue weighted by Gasteiger charge is 2.52. The number of halogens is 1. The molecule has 30 heavy (non-hydrogen) atoms. The molecule has 1 spiro atoms. The fourth-order valence-electron chi connectivity index (χ4n) is 4.13. The summed E-state index contributed by atoms with van der Waals surface area (Å²) in [7, 11) is 0. The van der Waals surface area contributed by atoms with E-state index in [9.17, 15) is 23.9 Å². The second-order valence-corrected chi connectivity index (χ2v) is 7.44. The van der Waals surface area contributed by atoms with Gasteiger partial charge in [0.05, 0.1) is 18.6 Å². The molecule has 2 heterocycles. The van der Waals surface area contributed by atoms with Crippen molar-refractivity contribution in [2.24, 2.45) is 0 Å². The Morgan fingerprint density at radius 1 is 0.967 bits per heavy atom. The number of carboxylic acid groups (broad SMARTS) is 1. The number of carbonyl (C=O) groups is 3. The number of hydrogen-bond acceptors (Lipinski definition) is 5. The lowest BCUT2D eigenvalue weighted by atomic mass is 9.96. The second kappa shape index (κ2) is 7.87. The Bertz CT molecular complexity index is 973. The summed E-state index contributed by atoms with van der Waals surface area (Å²) in [6, 6.07) is 12.6. The number of ether oxygens (including phenoxy) is 1. The van der Waals surface area contributed by atoms with Crippen LogP contribution in [0.5, 0.6) is 0 Å². The van der Waals surface area contributed by atoms with E-state index >= 15 is 0 Å². The zero-order valence-electron chi connectivity index (χ0n) is 16.1. The van der Waals surface area contributed by atoms with Gasteiger partial charge in [0.1, 0.15) is 11.5 Å². The summed E-state index contributed by atoms with van der Waals surface area (Å²) in [5, 5.41) is 11.7. The van der Waals surface area contributed by atoms with E-state index in [2.05, 4.69) is 0 Å². The Balaban J connectivity index is 1.55. The quantitative estimate of drug-likeness (QED) is 0.753. The van der Waals surface area contributed by atoms with E-state index in [1.165, 1.54) is 23.1 Å². The number of piperidine rings is 1. The first kappa shape index (κ1) is 20.0. The maximum absolute atomic E-state index is 13.5. The van der Waals surface area contributed by atoms with Crippen LogP contribution in [0.25, 0.3) is 0 Å². The van der Waals surface area contributed by atoms with E-state index in [1.807, 2.05) is 0 Å². The van der Waals surface area contributed by atoms with Crippen molar-refractivity contribution < 1.29 is 28.6 Å². The van der Waals surface area contributed by atoms with Gasteiger partial charge in [0, 0.05) is 37.1 Å². The normalized spacial score (nSPS) is 20.4. The van der Waals surface area contributed by atoms with Crippen LogP contribution in [0.2, 0.25) is 0 Å². The predicted octanol–water partition coefficient (Wildman–Crippen LogP) is 1.05. The van der Waals surface area contributed by atoms with Gasteiger partial charge in [-0.05, 0) is 30.3 Å². The molecule has 2 aliphatic heterocycles. The summed E-state index contributed by atoms with van der Waals surface area (Å²) in [6.45, 7) is 0.320. The third kappa shape index (κ3) is 3.54. The molecule has 2 amide bonds. The highest BCUT2D eigenvalue weighted by molar-refractivity contribution is 5.97. The molecule has 156 valence electrons. The van der Waals surface area contributed by atoms with Crippen LogP contribution in [0.3, 0.4) is 0 Å². The molecule has 8 heteroatoms. The Kier molecular flexibility index (Phi) is 5.26. The summed E-state index contributed by atoms with van der Waals surface area (Å²) in [6.07, 6.45) is 0.493. The Morgan fingerprint density at radius 2 is 1.63 bits per heavy atom. The molecule has 2 aliphatic rings. The number of hydrogen-bond donors (Lipinski definition) is 0. The zero-order chi connectivity index (χ0) is 21.3. The number of carboxylic acids is 1. The molecule has 2 aromatic rings. The van der Waals surface area contributed by atoms with Crippen molar-refractivity contribution in [2.75, 3.05) is 19.7 Å². The fourth-order valence-corrected chi connectivity index (χ4v) is 4.13. The summed E-state index contributed by atoms with van der Waals surface area (Å²) in [5.74, 6) is -2.65. The number of carbonyl (C=O) groups excluding carboxylic acids is 3. The van der Waals surface area contributed by atoms with E-state index in [4.69, 9.17) is 4.74 Å². The molecule has 0 radical (unpaired) electrons. The highest BCUT2D eigenvalue weighted by atomic mass is 19.1. The van der Waals surface area contributed by atoms with Gasteiger partial charge < -0.3 is 19.5 Å². The molecule has 0 bridgehead atoms. The van der Waals surface area contributed by atoms with Crippen LogP contribution in [0.15, 0.2) is 54.6 Å². The number of likely N-dealkylation sites (tertiary alicyclic amines) is 1. The Morgan fingerprint density at radius 3 is 2.27 bits per heavy atom. The second-order valence-electron chi connectivity index (χ2n) is 7.44. The summed E-state index contributed by atoms with van der Waals surface area (Å²) < 4.78 is 19.3. The molecular formula is C22H20FN2O5-. The lowest BCUT2D eigenvalue weighted by Crippen LogP contribution is -2.60. The zero-order valence-corrected chi connectivity index (χ0v) is 16.1. The molecule has 0 unspecified atom stereocenters. The van der Waals surface area contributed by atoms with E-state index in [0.717, 1.165) is 0 Å². The van der Waals surface area contributed by atoms with Crippen molar-refractivity contribution in [3.63, 3.8) is 0 Å². The van der Waals surface area contributed by atoms with E-state index in [1.54, 1.807) is 41.3 Å². The number of nitrogens with zero attached hydrogens (tertiary/aromatic N) is 2. The Hall–Kier alpha value is -3.26. The molecule has 1 atom stereocenters. The number of aliphatic carboxylic acids is 1. The third-order valence-corrected chi connectivity index (χ3v) is 5.68. The van der Waals surface area contributed by atoms with Crippen molar-refractivity contribution in [1.29, 1.82) is 0 Å². The first-order valence-electron chi connectivity index (χ1n) is 9.70. The van der Waals surface area contributed by atoms with Gasteiger partial charge in [-0.3, -0.25) is 14.5 Å². The lowest BCUT2D eigenvalue weighted by molar-refractivity contribution is -0.310. The number of amides is 2. The van der Waals surface area contributed by atoms with Gasteiger partial charge in [0.25, 0.3) is 11.8 Å². The third-order valence-electron chi connectivity index (χ3n) is 5.68. The van der Waals surface area contributed by atoms with Crippen LogP contribution >= 0.6 is 0 Å². The van der Waals surface area contributed by atoms with Crippen LogP contribution in [-0.2, 0) is 9.53 Å². The van der Waals surface area contributed by atoms with Crippen LogP contribution < -0.4 is 5.11 Å². The summed E-state index contributed by atoms with van der Waals surface area (Å²) >= 11 is 0. The maximum Gasteiger partial charge on any atom is 0.256 e. The minimum atomic E-state index is -1.38. The molecule has 4 rings (SSSR count). The van der Waals surface area contributed by atoms with Gasteiger partial charge in [0.2, 0.25) is 0 Å².